The minimum Gasteiger partial charge on any atom is -0.378 e. The van der Waals surface area contributed by atoms with Gasteiger partial charge < -0.3 is 20.7 Å². The Balaban J connectivity index is 2.03. The summed E-state index contributed by atoms with van der Waals surface area (Å²) in [6.45, 7) is 3.61. The lowest BCUT2D eigenvalue weighted by Crippen LogP contribution is -2.53. The average Bonchev–Trinajstić information content (AvgIpc) is 2.30. The molecule has 0 bridgehead atoms. The van der Waals surface area contributed by atoms with E-state index in [9.17, 15) is 4.79 Å². The van der Waals surface area contributed by atoms with E-state index in [2.05, 4.69) is 16.0 Å². The van der Waals surface area contributed by atoms with Crippen molar-refractivity contribution in [1.82, 2.24) is 16.0 Å². The molecule has 5 nitrogen and oxygen atoms in total. The zero-order valence-corrected chi connectivity index (χ0v) is 6.85. The number of rotatable bonds is 0. The highest BCUT2D eigenvalue weighted by Crippen LogP contribution is 2.09. The highest BCUT2D eigenvalue weighted by atomic mass is 16.5. The van der Waals surface area contributed by atoms with Crippen molar-refractivity contribution in [1.29, 1.82) is 0 Å². The van der Waals surface area contributed by atoms with Crippen molar-refractivity contribution >= 4 is 6.03 Å². The van der Waals surface area contributed by atoms with Gasteiger partial charge in [-0.1, -0.05) is 0 Å². The summed E-state index contributed by atoms with van der Waals surface area (Å²) in [6.07, 6.45) is 0. The van der Waals surface area contributed by atoms with Crippen molar-refractivity contribution in [3.8, 4) is 0 Å². The van der Waals surface area contributed by atoms with E-state index in [0.717, 1.165) is 19.7 Å². The Hall–Kier alpha value is -0.810. The fourth-order valence-corrected chi connectivity index (χ4v) is 1.56. The van der Waals surface area contributed by atoms with Crippen LogP contribution >= 0.6 is 0 Å². The Morgan fingerprint density at radius 2 is 2.33 bits per heavy atom. The average molecular weight is 171 g/mol. The lowest BCUT2D eigenvalue weighted by Gasteiger charge is -2.24. The summed E-state index contributed by atoms with van der Waals surface area (Å²) in [6, 6.07) is -0.0951. The maximum absolute atomic E-state index is 10.9. The predicted octanol–water partition coefficient (Wildman–Crippen LogP) is -1.34. The van der Waals surface area contributed by atoms with E-state index in [1.165, 1.54) is 0 Å². The van der Waals surface area contributed by atoms with E-state index in [0.29, 0.717) is 13.2 Å². The van der Waals surface area contributed by atoms with E-state index in [1.807, 2.05) is 0 Å². The van der Waals surface area contributed by atoms with Gasteiger partial charge in [0.1, 0.15) is 0 Å². The molecule has 68 valence electrons. The number of hydrogen-bond donors (Lipinski definition) is 3. The van der Waals surface area contributed by atoms with Crippen molar-refractivity contribution in [3.05, 3.63) is 0 Å². The molecule has 0 aromatic carbocycles. The molecule has 2 saturated heterocycles. The summed E-state index contributed by atoms with van der Waals surface area (Å²) in [5, 5.41) is 8.83. The predicted molar refractivity (Wildman–Crippen MR) is 43.0 cm³/mol. The smallest absolute Gasteiger partial charge is 0.315 e. The topological polar surface area (TPSA) is 62.4 Å². The van der Waals surface area contributed by atoms with Gasteiger partial charge in [0.05, 0.1) is 18.8 Å². The first-order valence-electron chi connectivity index (χ1n) is 4.15. The van der Waals surface area contributed by atoms with Crippen LogP contribution in [-0.2, 0) is 4.74 Å². The van der Waals surface area contributed by atoms with Gasteiger partial charge in [0.25, 0.3) is 0 Å². The van der Waals surface area contributed by atoms with Gasteiger partial charge in [-0.3, -0.25) is 0 Å². The van der Waals surface area contributed by atoms with Gasteiger partial charge in [0.15, 0.2) is 0 Å². The van der Waals surface area contributed by atoms with Crippen LogP contribution in [0.25, 0.3) is 0 Å². The first-order chi connectivity index (χ1) is 5.81. The van der Waals surface area contributed by atoms with Gasteiger partial charge >= 0.3 is 6.03 Å². The maximum atomic E-state index is 10.9. The number of ether oxygens (including phenoxy) is 1. The molecule has 1 atom stereocenters. The summed E-state index contributed by atoms with van der Waals surface area (Å²) < 4.78 is 5.36. The molecule has 3 N–H and O–H groups in total. The molecule has 2 aliphatic heterocycles. The van der Waals surface area contributed by atoms with Gasteiger partial charge in [-0.2, -0.15) is 0 Å². The molecule has 2 aliphatic rings. The molecule has 12 heavy (non-hydrogen) atoms. The Morgan fingerprint density at radius 1 is 1.42 bits per heavy atom. The lowest BCUT2D eigenvalue weighted by atomic mass is 10.0. The molecule has 2 rings (SSSR count). The van der Waals surface area contributed by atoms with Gasteiger partial charge in [-0.15, -0.1) is 0 Å². The Kier molecular flexibility index (Phi) is 1.90. The summed E-state index contributed by atoms with van der Waals surface area (Å²) in [4.78, 5) is 10.9. The van der Waals surface area contributed by atoms with Crippen molar-refractivity contribution in [3.63, 3.8) is 0 Å². The molecule has 1 unspecified atom stereocenters. The van der Waals surface area contributed by atoms with Gasteiger partial charge in [0.2, 0.25) is 0 Å². The summed E-state index contributed by atoms with van der Waals surface area (Å²) in [5.41, 5.74) is -0.215. The third kappa shape index (κ3) is 1.37. The second-order valence-corrected chi connectivity index (χ2v) is 3.32. The second-order valence-electron chi connectivity index (χ2n) is 3.32. The Labute approximate surface area is 70.8 Å². The Morgan fingerprint density at radius 3 is 3.08 bits per heavy atom. The highest BCUT2D eigenvalue weighted by molar-refractivity contribution is 5.77. The molecular formula is C7H13N3O2. The van der Waals surface area contributed by atoms with E-state index in [1.54, 1.807) is 0 Å². The minimum atomic E-state index is -0.215. The van der Waals surface area contributed by atoms with Crippen LogP contribution in [0.2, 0.25) is 0 Å². The molecule has 1 spiro atoms. The first-order valence-corrected chi connectivity index (χ1v) is 4.15. The van der Waals surface area contributed by atoms with Gasteiger partial charge in [0, 0.05) is 19.6 Å². The maximum Gasteiger partial charge on any atom is 0.315 e. The first kappa shape index (κ1) is 7.82. The molecule has 0 aromatic rings. The van der Waals surface area contributed by atoms with Crippen LogP contribution in [0.15, 0.2) is 0 Å². The molecule has 2 fully saturated rings. The summed E-state index contributed by atoms with van der Waals surface area (Å²) >= 11 is 0. The van der Waals surface area contributed by atoms with Crippen LogP contribution in [0.1, 0.15) is 0 Å². The van der Waals surface area contributed by atoms with E-state index in [4.69, 9.17) is 4.74 Å². The number of urea groups is 1. The van der Waals surface area contributed by atoms with E-state index < -0.39 is 0 Å². The molecule has 2 amide bonds. The van der Waals surface area contributed by atoms with Crippen LogP contribution in [-0.4, -0.2) is 44.4 Å². The van der Waals surface area contributed by atoms with E-state index >= 15 is 0 Å². The number of nitrogens with one attached hydrogen (secondary N) is 3. The van der Waals surface area contributed by atoms with Gasteiger partial charge in [-0.05, 0) is 0 Å². The summed E-state index contributed by atoms with van der Waals surface area (Å²) in [7, 11) is 0. The van der Waals surface area contributed by atoms with Crippen LogP contribution in [0.4, 0.5) is 4.79 Å². The third-order valence-electron chi connectivity index (χ3n) is 2.23. The molecule has 0 aliphatic carbocycles. The molecule has 2 heterocycles. The van der Waals surface area contributed by atoms with Gasteiger partial charge in [-0.25, -0.2) is 4.79 Å². The standard InChI is InChI=1S/C7H13N3O2/c11-6-9-4-7(10-6)3-8-1-2-12-5-7/h8H,1-5H2,(H2,9,10,11). The van der Waals surface area contributed by atoms with Crippen molar-refractivity contribution in [2.45, 2.75) is 5.54 Å². The molecular weight excluding hydrogens is 158 g/mol. The monoisotopic (exact) mass is 171 g/mol. The third-order valence-corrected chi connectivity index (χ3v) is 2.23. The number of carbonyl (C=O) groups excluding carboxylic acids is 1. The largest absolute Gasteiger partial charge is 0.378 e. The number of amides is 2. The second kappa shape index (κ2) is 2.91. The van der Waals surface area contributed by atoms with Crippen LogP contribution < -0.4 is 16.0 Å². The van der Waals surface area contributed by atoms with Crippen LogP contribution in [0.5, 0.6) is 0 Å². The minimum absolute atomic E-state index is 0.0951. The zero-order chi connectivity index (χ0) is 8.44. The molecule has 0 aromatic heterocycles. The lowest BCUT2D eigenvalue weighted by molar-refractivity contribution is 0.107. The zero-order valence-electron chi connectivity index (χ0n) is 6.85. The number of carbonyl (C=O) groups is 1. The van der Waals surface area contributed by atoms with Crippen molar-refractivity contribution in [2.24, 2.45) is 0 Å². The molecule has 0 radical (unpaired) electrons. The normalized spacial score (nSPS) is 35.8. The fourth-order valence-electron chi connectivity index (χ4n) is 1.56. The summed E-state index contributed by atoms with van der Waals surface area (Å²) in [5.74, 6) is 0. The fraction of sp³-hybridized carbons (Fsp3) is 0.857. The number of hydrogen-bond acceptors (Lipinski definition) is 3. The molecule has 5 heteroatoms. The van der Waals surface area contributed by atoms with Crippen molar-refractivity contribution < 1.29 is 9.53 Å². The molecule has 0 saturated carbocycles. The quantitative estimate of drug-likeness (QED) is 0.422. The van der Waals surface area contributed by atoms with Crippen molar-refractivity contribution in [2.75, 3.05) is 32.8 Å². The highest BCUT2D eigenvalue weighted by Gasteiger charge is 2.38. The van der Waals surface area contributed by atoms with Crippen LogP contribution in [0, 0.1) is 0 Å². The SMILES string of the molecule is O=C1NCC2(CNCCOC2)N1. The Bertz CT molecular complexity index is 187. The van der Waals surface area contributed by atoms with E-state index in [-0.39, 0.29) is 11.6 Å². The van der Waals surface area contributed by atoms with Crippen LogP contribution in [0.3, 0.4) is 0 Å².